The van der Waals surface area contributed by atoms with Crippen molar-refractivity contribution in [1.82, 2.24) is 9.55 Å². The standard InChI is InChI=1S/C24H21N3O2S/c1-15-12-18-10-6-7-11-19(18)27(15)20(28)13-26-14-25-23-21(24(26)29)16(2)22(30-23)17-8-4-3-5-9-17/h3-11,14-15H,12-13H2,1-2H3. The molecule has 0 saturated heterocycles. The van der Waals surface area contributed by atoms with Crippen LogP contribution in [0.2, 0.25) is 0 Å². The number of amides is 1. The molecule has 1 aliphatic rings. The van der Waals surface area contributed by atoms with Crippen molar-refractivity contribution < 1.29 is 4.79 Å². The molecule has 1 amide bonds. The molecule has 30 heavy (non-hydrogen) atoms. The Morgan fingerprint density at radius 1 is 1.13 bits per heavy atom. The summed E-state index contributed by atoms with van der Waals surface area (Å²) in [6.07, 6.45) is 2.33. The molecule has 1 aliphatic heterocycles. The van der Waals surface area contributed by atoms with Crippen LogP contribution in [-0.4, -0.2) is 21.5 Å². The van der Waals surface area contributed by atoms with E-state index in [4.69, 9.17) is 0 Å². The first-order valence-electron chi connectivity index (χ1n) is 9.98. The van der Waals surface area contributed by atoms with Crippen LogP contribution in [-0.2, 0) is 17.8 Å². The van der Waals surface area contributed by atoms with Gasteiger partial charge in [-0.05, 0) is 43.0 Å². The van der Waals surface area contributed by atoms with E-state index in [2.05, 4.69) is 11.1 Å². The molecule has 6 heteroatoms. The highest BCUT2D eigenvalue weighted by Gasteiger charge is 2.30. The summed E-state index contributed by atoms with van der Waals surface area (Å²) in [7, 11) is 0. The summed E-state index contributed by atoms with van der Waals surface area (Å²) in [5.41, 5.74) is 3.93. The highest BCUT2D eigenvalue weighted by molar-refractivity contribution is 7.22. The Kier molecular flexibility index (Phi) is 4.51. The van der Waals surface area contributed by atoms with Gasteiger partial charge in [0, 0.05) is 16.6 Å². The van der Waals surface area contributed by atoms with Crippen LogP contribution < -0.4 is 10.5 Å². The van der Waals surface area contributed by atoms with Gasteiger partial charge in [0.05, 0.1) is 11.7 Å². The van der Waals surface area contributed by atoms with Crippen molar-refractivity contribution in [2.24, 2.45) is 0 Å². The lowest BCUT2D eigenvalue weighted by Gasteiger charge is -2.23. The summed E-state index contributed by atoms with van der Waals surface area (Å²) in [5, 5.41) is 0.601. The van der Waals surface area contributed by atoms with Gasteiger partial charge in [0.25, 0.3) is 5.56 Å². The number of nitrogens with zero attached hydrogens (tertiary/aromatic N) is 3. The second-order valence-corrected chi connectivity index (χ2v) is 8.72. The van der Waals surface area contributed by atoms with Gasteiger partial charge in [0.2, 0.25) is 5.91 Å². The number of para-hydroxylation sites is 1. The maximum Gasteiger partial charge on any atom is 0.262 e. The van der Waals surface area contributed by atoms with Gasteiger partial charge in [0.15, 0.2) is 0 Å². The van der Waals surface area contributed by atoms with E-state index in [1.165, 1.54) is 27.8 Å². The second-order valence-electron chi connectivity index (χ2n) is 7.73. The molecule has 2 aromatic heterocycles. The average molecular weight is 416 g/mol. The maximum absolute atomic E-state index is 13.2. The van der Waals surface area contributed by atoms with Crippen LogP contribution in [0.15, 0.2) is 65.7 Å². The van der Waals surface area contributed by atoms with Crippen LogP contribution in [0.4, 0.5) is 5.69 Å². The van der Waals surface area contributed by atoms with Crippen LogP contribution >= 0.6 is 11.3 Å². The summed E-state index contributed by atoms with van der Waals surface area (Å²) in [6, 6.07) is 18.0. The maximum atomic E-state index is 13.2. The monoisotopic (exact) mass is 415 g/mol. The number of carbonyl (C=O) groups excluding carboxylic acids is 1. The molecule has 0 aliphatic carbocycles. The minimum Gasteiger partial charge on any atom is -0.307 e. The molecule has 0 bridgehead atoms. The zero-order valence-electron chi connectivity index (χ0n) is 16.8. The molecule has 150 valence electrons. The van der Waals surface area contributed by atoms with Crippen molar-refractivity contribution >= 4 is 33.1 Å². The molecule has 0 saturated carbocycles. The van der Waals surface area contributed by atoms with Crippen LogP contribution in [0.25, 0.3) is 20.7 Å². The zero-order chi connectivity index (χ0) is 20.8. The van der Waals surface area contributed by atoms with Crippen molar-refractivity contribution in [2.75, 3.05) is 4.90 Å². The number of aromatic nitrogens is 2. The van der Waals surface area contributed by atoms with Gasteiger partial charge in [-0.3, -0.25) is 14.2 Å². The summed E-state index contributed by atoms with van der Waals surface area (Å²) < 4.78 is 1.44. The Morgan fingerprint density at radius 3 is 2.67 bits per heavy atom. The van der Waals surface area contributed by atoms with E-state index in [9.17, 15) is 9.59 Å². The number of benzene rings is 2. The van der Waals surface area contributed by atoms with Gasteiger partial charge in [-0.1, -0.05) is 48.5 Å². The number of rotatable bonds is 3. The molecular weight excluding hydrogens is 394 g/mol. The fraction of sp³-hybridized carbons (Fsp3) is 0.208. The van der Waals surface area contributed by atoms with E-state index in [1.807, 2.05) is 67.3 Å². The third kappa shape index (κ3) is 2.95. The van der Waals surface area contributed by atoms with Crippen molar-refractivity contribution in [1.29, 1.82) is 0 Å². The molecule has 0 fully saturated rings. The van der Waals surface area contributed by atoms with Crippen molar-refractivity contribution in [3.63, 3.8) is 0 Å². The van der Waals surface area contributed by atoms with E-state index in [0.29, 0.717) is 10.2 Å². The number of thiophene rings is 1. The summed E-state index contributed by atoms with van der Waals surface area (Å²) in [6.45, 7) is 3.98. The lowest BCUT2D eigenvalue weighted by atomic mass is 10.1. The second kappa shape index (κ2) is 7.22. The van der Waals surface area contributed by atoms with Gasteiger partial charge in [0.1, 0.15) is 11.4 Å². The van der Waals surface area contributed by atoms with Gasteiger partial charge >= 0.3 is 0 Å². The van der Waals surface area contributed by atoms with E-state index in [1.54, 1.807) is 0 Å². The fourth-order valence-electron chi connectivity index (χ4n) is 4.30. The molecule has 2 aromatic carbocycles. The molecule has 5 rings (SSSR count). The fourth-order valence-corrected chi connectivity index (χ4v) is 5.45. The predicted octanol–water partition coefficient (Wildman–Crippen LogP) is 4.41. The number of hydrogen-bond acceptors (Lipinski definition) is 4. The molecule has 1 unspecified atom stereocenters. The minimum absolute atomic E-state index is 0.0175. The Hall–Kier alpha value is -3.25. The van der Waals surface area contributed by atoms with Crippen molar-refractivity contribution in [3.05, 3.63) is 82.4 Å². The molecule has 5 nitrogen and oxygen atoms in total. The van der Waals surface area contributed by atoms with E-state index in [-0.39, 0.29) is 24.1 Å². The Bertz CT molecular complexity index is 1320. The van der Waals surface area contributed by atoms with Gasteiger partial charge in [-0.25, -0.2) is 4.98 Å². The third-order valence-electron chi connectivity index (χ3n) is 5.73. The lowest BCUT2D eigenvalue weighted by Crippen LogP contribution is -2.40. The summed E-state index contributed by atoms with van der Waals surface area (Å²) in [4.78, 5) is 34.4. The molecule has 4 aromatic rings. The van der Waals surface area contributed by atoms with Crippen molar-refractivity contribution in [3.8, 4) is 10.4 Å². The van der Waals surface area contributed by atoms with E-state index in [0.717, 1.165) is 28.1 Å². The number of anilines is 1. The SMILES string of the molecule is Cc1c(-c2ccccc2)sc2ncn(CC(=O)N3c4ccccc4CC3C)c(=O)c12. The Morgan fingerprint density at radius 2 is 1.87 bits per heavy atom. The summed E-state index contributed by atoms with van der Waals surface area (Å²) >= 11 is 1.52. The minimum atomic E-state index is -0.163. The Balaban J connectivity index is 1.52. The Labute approximate surface area is 178 Å². The molecule has 0 radical (unpaired) electrons. The molecule has 0 spiro atoms. The molecule has 1 atom stereocenters. The largest absolute Gasteiger partial charge is 0.307 e. The van der Waals surface area contributed by atoms with Gasteiger partial charge in [-0.2, -0.15) is 0 Å². The number of carbonyl (C=O) groups is 1. The first-order valence-corrected chi connectivity index (χ1v) is 10.8. The average Bonchev–Trinajstić information content (AvgIpc) is 3.27. The number of aryl methyl sites for hydroxylation is 1. The molecular formula is C24H21N3O2S. The number of fused-ring (bicyclic) bond motifs is 2. The van der Waals surface area contributed by atoms with E-state index < -0.39 is 0 Å². The molecule has 0 N–H and O–H groups in total. The topological polar surface area (TPSA) is 55.2 Å². The van der Waals surface area contributed by atoms with Crippen LogP contribution in [0, 0.1) is 6.92 Å². The quantitative estimate of drug-likeness (QED) is 0.498. The lowest BCUT2D eigenvalue weighted by molar-refractivity contribution is -0.119. The van der Waals surface area contributed by atoms with Crippen LogP contribution in [0.5, 0.6) is 0 Å². The third-order valence-corrected chi connectivity index (χ3v) is 6.98. The molecule has 3 heterocycles. The first-order chi connectivity index (χ1) is 14.5. The highest BCUT2D eigenvalue weighted by Crippen LogP contribution is 2.35. The zero-order valence-corrected chi connectivity index (χ0v) is 17.6. The van der Waals surface area contributed by atoms with Crippen LogP contribution in [0.3, 0.4) is 0 Å². The number of hydrogen-bond donors (Lipinski definition) is 0. The normalized spacial score (nSPS) is 15.5. The van der Waals surface area contributed by atoms with E-state index >= 15 is 0 Å². The van der Waals surface area contributed by atoms with Crippen LogP contribution in [0.1, 0.15) is 18.1 Å². The smallest absolute Gasteiger partial charge is 0.262 e. The predicted molar refractivity (Wildman–Crippen MR) is 121 cm³/mol. The van der Waals surface area contributed by atoms with Gasteiger partial charge in [-0.15, -0.1) is 11.3 Å². The summed E-state index contributed by atoms with van der Waals surface area (Å²) in [5.74, 6) is -0.0909. The van der Waals surface area contributed by atoms with Crippen molar-refractivity contribution in [2.45, 2.75) is 32.9 Å². The highest BCUT2D eigenvalue weighted by atomic mass is 32.1. The first kappa shape index (κ1) is 18.8. The van der Waals surface area contributed by atoms with Gasteiger partial charge < -0.3 is 4.90 Å².